The highest BCUT2D eigenvalue weighted by atomic mass is 16.5. The third-order valence-corrected chi connectivity index (χ3v) is 4.28. The molecule has 2 aromatic carbocycles. The number of nitrogens with one attached hydrogen (secondary N) is 1. The van der Waals surface area contributed by atoms with Gasteiger partial charge >= 0.3 is 0 Å². The first-order valence-electron chi connectivity index (χ1n) is 8.83. The van der Waals surface area contributed by atoms with E-state index in [0.29, 0.717) is 39.8 Å². The van der Waals surface area contributed by atoms with E-state index in [4.69, 9.17) is 18.9 Å². The number of methoxy groups -OCH3 is 4. The van der Waals surface area contributed by atoms with Gasteiger partial charge in [-0.2, -0.15) is 0 Å². The number of ether oxygens (including phenoxy) is 4. The lowest BCUT2D eigenvalue weighted by Crippen LogP contribution is -2.24. The van der Waals surface area contributed by atoms with Crippen molar-refractivity contribution in [3.8, 4) is 23.0 Å². The van der Waals surface area contributed by atoms with Crippen LogP contribution in [0, 0.1) is 0 Å². The van der Waals surface area contributed by atoms with Crippen molar-refractivity contribution in [2.45, 2.75) is 6.42 Å². The molecule has 0 radical (unpaired) electrons. The number of hydrogen-bond donors (Lipinski definition) is 1. The van der Waals surface area contributed by atoms with Gasteiger partial charge in [-0.15, -0.1) is 0 Å². The van der Waals surface area contributed by atoms with Crippen molar-refractivity contribution in [2.24, 2.45) is 0 Å². The van der Waals surface area contributed by atoms with E-state index in [0.717, 1.165) is 0 Å². The van der Waals surface area contributed by atoms with Gasteiger partial charge in [-0.25, -0.2) is 0 Å². The molecule has 0 aliphatic rings. The number of anilines is 1. The van der Waals surface area contributed by atoms with Crippen LogP contribution >= 0.6 is 0 Å². The first-order chi connectivity index (χ1) is 13.8. The van der Waals surface area contributed by atoms with Crippen LogP contribution in [0.1, 0.15) is 15.9 Å². The molecule has 2 aromatic rings. The molecule has 0 aliphatic carbocycles. The molecule has 0 aromatic heterocycles. The molecule has 29 heavy (non-hydrogen) atoms. The lowest BCUT2D eigenvalue weighted by molar-refractivity contribution is -0.115. The van der Waals surface area contributed by atoms with Crippen LogP contribution in [0.4, 0.5) is 5.69 Å². The van der Waals surface area contributed by atoms with E-state index in [9.17, 15) is 9.59 Å². The maximum absolute atomic E-state index is 12.7. The molecule has 0 spiro atoms. The Morgan fingerprint density at radius 1 is 0.862 bits per heavy atom. The van der Waals surface area contributed by atoms with Crippen LogP contribution in [0.25, 0.3) is 0 Å². The van der Waals surface area contributed by atoms with Gasteiger partial charge < -0.3 is 29.2 Å². The van der Waals surface area contributed by atoms with Crippen molar-refractivity contribution >= 4 is 17.5 Å². The normalized spacial score (nSPS) is 10.1. The van der Waals surface area contributed by atoms with Crippen molar-refractivity contribution in [2.75, 3.05) is 47.9 Å². The zero-order chi connectivity index (χ0) is 21.6. The van der Waals surface area contributed by atoms with Gasteiger partial charge in [0.2, 0.25) is 5.91 Å². The smallest absolute Gasteiger partial charge is 0.255 e. The van der Waals surface area contributed by atoms with Crippen LogP contribution in [-0.2, 0) is 11.2 Å². The van der Waals surface area contributed by atoms with Gasteiger partial charge in [-0.1, -0.05) is 6.07 Å². The second-order valence-electron chi connectivity index (χ2n) is 6.36. The molecule has 1 N–H and O–H groups in total. The van der Waals surface area contributed by atoms with Gasteiger partial charge in [-0.3, -0.25) is 9.59 Å². The van der Waals surface area contributed by atoms with Gasteiger partial charge in [-0.05, 0) is 12.1 Å². The lowest BCUT2D eigenvalue weighted by Gasteiger charge is -2.18. The Bertz CT molecular complexity index is 895. The van der Waals surface area contributed by atoms with E-state index < -0.39 is 0 Å². The number of carbonyl (C=O) groups excluding carboxylic acids is 2. The average molecular weight is 402 g/mol. The van der Waals surface area contributed by atoms with Crippen LogP contribution in [0.3, 0.4) is 0 Å². The second kappa shape index (κ2) is 9.68. The number of nitrogens with zero attached hydrogens (tertiary/aromatic N) is 1. The van der Waals surface area contributed by atoms with Crippen LogP contribution in [0.2, 0.25) is 0 Å². The van der Waals surface area contributed by atoms with E-state index in [2.05, 4.69) is 5.32 Å². The number of amides is 2. The topological polar surface area (TPSA) is 86.3 Å². The van der Waals surface area contributed by atoms with Gasteiger partial charge in [0.25, 0.3) is 5.91 Å². The number of rotatable bonds is 8. The Morgan fingerprint density at radius 3 is 2.03 bits per heavy atom. The average Bonchev–Trinajstić information content (AvgIpc) is 2.72. The Hall–Kier alpha value is -3.42. The Labute approximate surface area is 170 Å². The lowest BCUT2D eigenvalue weighted by atomic mass is 10.1. The predicted octanol–water partition coefficient (Wildman–Crippen LogP) is 2.60. The maximum atomic E-state index is 12.7. The van der Waals surface area contributed by atoms with E-state index >= 15 is 0 Å². The molecular weight excluding hydrogens is 376 g/mol. The molecule has 2 rings (SSSR count). The molecule has 0 atom stereocenters. The molecule has 0 saturated carbocycles. The van der Waals surface area contributed by atoms with Crippen molar-refractivity contribution in [1.82, 2.24) is 4.90 Å². The Balaban J connectivity index is 2.35. The molecule has 0 fully saturated rings. The van der Waals surface area contributed by atoms with E-state index in [1.807, 2.05) is 0 Å². The van der Waals surface area contributed by atoms with Gasteiger partial charge in [0.05, 0.1) is 46.1 Å². The first kappa shape index (κ1) is 21.9. The fourth-order valence-electron chi connectivity index (χ4n) is 2.77. The second-order valence-corrected chi connectivity index (χ2v) is 6.36. The Kier molecular flexibility index (Phi) is 7.30. The summed E-state index contributed by atoms with van der Waals surface area (Å²) in [5.74, 6) is 1.38. The zero-order valence-corrected chi connectivity index (χ0v) is 17.5. The Morgan fingerprint density at radius 2 is 1.48 bits per heavy atom. The molecule has 0 unspecified atom stereocenters. The summed E-state index contributed by atoms with van der Waals surface area (Å²) < 4.78 is 21.1. The quantitative estimate of drug-likeness (QED) is 0.731. The molecule has 8 nitrogen and oxygen atoms in total. The number of benzene rings is 2. The monoisotopic (exact) mass is 402 g/mol. The van der Waals surface area contributed by atoms with Crippen molar-refractivity contribution in [3.05, 3.63) is 41.5 Å². The minimum absolute atomic E-state index is 0.0527. The van der Waals surface area contributed by atoms with Crippen molar-refractivity contribution in [3.63, 3.8) is 0 Å². The SMILES string of the molecule is COc1ccc(CC(=O)Nc2cc(OC)c(OC)cc2C(=O)N(C)C)c(OC)c1. The van der Waals surface area contributed by atoms with Crippen molar-refractivity contribution in [1.29, 1.82) is 0 Å². The van der Waals surface area contributed by atoms with Crippen LogP contribution in [-0.4, -0.2) is 59.2 Å². The maximum Gasteiger partial charge on any atom is 0.255 e. The minimum Gasteiger partial charge on any atom is -0.497 e. The minimum atomic E-state index is -0.312. The largest absolute Gasteiger partial charge is 0.497 e. The summed E-state index contributed by atoms with van der Waals surface area (Å²) in [7, 11) is 9.31. The van der Waals surface area contributed by atoms with Crippen LogP contribution < -0.4 is 24.3 Å². The summed E-state index contributed by atoms with van der Waals surface area (Å²) in [5, 5.41) is 2.79. The fourth-order valence-corrected chi connectivity index (χ4v) is 2.77. The fraction of sp³-hybridized carbons (Fsp3) is 0.333. The highest BCUT2D eigenvalue weighted by molar-refractivity contribution is 6.04. The summed E-state index contributed by atoms with van der Waals surface area (Å²) in [5.41, 5.74) is 1.31. The third-order valence-electron chi connectivity index (χ3n) is 4.28. The van der Waals surface area contributed by atoms with Crippen molar-refractivity contribution < 1.29 is 28.5 Å². The standard InChI is InChI=1S/C21H26N2O6/c1-23(2)21(25)15-11-18(28-5)19(29-6)12-16(15)22-20(24)9-13-7-8-14(26-3)10-17(13)27-4/h7-8,10-12H,9H2,1-6H3,(H,22,24). The molecule has 0 bridgehead atoms. The van der Waals surface area contributed by atoms with E-state index in [1.165, 1.54) is 26.2 Å². The van der Waals surface area contributed by atoms with Gasteiger partial charge in [0.1, 0.15) is 11.5 Å². The summed E-state index contributed by atoms with van der Waals surface area (Å²) in [4.78, 5) is 26.7. The number of hydrogen-bond acceptors (Lipinski definition) is 6. The highest BCUT2D eigenvalue weighted by Gasteiger charge is 2.20. The first-order valence-corrected chi connectivity index (χ1v) is 8.83. The molecule has 8 heteroatoms. The predicted molar refractivity (Wildman–Crippen MR) is 109 cm³/mol. The van der Waals surface area contributed by atoms with Gasteiger partial charge in [0.15, 0.2) is 11.5 Å². The molecule has 0 heterocycles. The van der Waals surface area contributed by atoms with E-state index in [1.54, 1.807) is 51.5 Å². The third kappa shape index (κ3) is 5.10. The summed E-state index contributed by atoms with van der Waals surface area (Å²) >= 11 is 0. The van der Waals surface area contributed by atoms with Crippen LogP contribution in [0.15, 0.2) is 30.3 Å². The number of carbonyl (C=O) groups is 2. The molecule has 0 saturated heterocycles. The van der Waals surface area contributed by atoms with Crippen LogP contribution in [0.5, 0.6) is 23.0 Å². The molecular formula is C21H26N2O6. The molecule has 2 amide bonds. The summed E-state index contributed by atoms with van der Waals surface area (Å²) in [6, 6.07) is 8.34. The molecule has 0 aliphatic heterocycles. The molecule has 156 valence electrons. The summed E-state index contributed by atoms with van der Waals surface area (Å²) in [6.45, 7) is 0. The zero-order valence-electron chi connectivity index (χ0n) is 17.5. The highest BCUT2D eigenvalue weighted by Crippen LogP contribution is 2.34. The van der Waals surface area contributed by atoms with E-state index in [-0.39, 0.29) is 18.2 Å². The van der Waals surface area contributed by atoms with Gasteiger partial charge in [0, 0.05) is 31.8 Å². The summed E-state index contributed by atoms with van der Waals surface area (Å²) in [6.07, 6.45) is 0.0527.